The lowest BCUT2D eigenvalue weighted by Gasteiger charge is -2.58. The first-order valence-electron chi connectivity index (χ1n) is 27.6. The lowest BCUT2D eigenvalue weighted by atomic mass is 9.59. The number of aromatic nitrogens is 2. The first-order valence-corrected chi connectivity index (χ1v) is 29.1. The third kappa shape index (κ3) is 10.9. The number of aromatic amines is 1. The average Bonchev–Trinajstić information content (AvgIpc) is 4.03. The van der Waals surface area contributed by atoms with Gasteiger partial charge in [-0.2, -0.15) is 0 Å². The van der Waals surface area contributed by atoms with Gasteiger partial charge in [0.25, 0.3) is 21.6 Å². The Morgan fingerprint density at radius 3 is 2.41 bits per heavy atom. The number of nitrogens with zero attached hydrogens (tertiary/aromatic N) is 5. The number of hydrogen-bond acceptors (Lipinski definition) is 14. The number of piperazine rings is 1. The molecule has 0 bridgehead atoms. The number of hydrogen-bond donors (Lipinski definition) is 4. The standard InChI is InChI=1S/C60H72N8O9S/c1-38(2)47-8-6-7-9-48(47)53-37-65(36-42-26-41-28-55(75-4)56(76-5)31-50(41)42)24-25-67(53)44-32-60(33-44)19-22-66(23-20-60)43-10-12-49(54(29-43)77-45-27-40-16-21-61-57(40)63-35-45)58(69)64-78(73,74)46-11-13-51(52(30-46)68(71)72)62-34-39-14-17-59(3,70)18-15-39/h6-13,16,21,27-31,35,38-39,42,44,53,62,70H,14-15,17-20,22-26,32-34,36-37H2,1-5H3,(H,61,63)(H,64,69)/t39-,42?,53-,59-/m0/s1. The molecule has 3 aliphatic carbocycles. The summed E-state index contributed by atoms with van der Waals surface area (Å²) in [5.74, 6) is 2.21. The second kappa shape index (κ2) is 21.5. The number of H-pyrrole nitrogens is 1. The van der Waals surface area contributed by atoms with Crippen molar-refractivity contribution in [3.63, 3.8) is 0 Å². The number of sulfonamides is 1. The fourth-order valence-electron chi connectivity index (χ4n) is 13.2. The van der Waals surface area contributed by atoms with E-state index >= 15 is 0 Å². The molecular weight excluding hydrogens is 1010 g/mol. The zero-order chi connectivity index (χ0) is 54.5. The number of ether oxygens (including phenoxy) is 3. The summed E-state index contributed by atoms with van der Waals surface area (Å²) in [4.78, 5) is 40.7. The highest BCUT2D eigenvalue weighted by Gasteiger charge is 2.50. The van der Waals surface area contributed by atoms with Crippen LogP contribution in [-0.4, -0.2) is 116 Å². The van der Waals surface area contributed by atoms with Gasteiger partial charge >= 0.3 is 0 Å². The summed E-state index contributed by atoms with van der Waals surface area (Å²) in [6, 6.07) is 26.6. The summed E-state index contributed by atoms with van der Waals surface area (Å²) < 4.78 is 47.6. The Labute approximate surface area is 456 Å². The SMILES string of the molecule is COc1cc2c(cc1OC)C(CN1CCN(C3CC4(CCN(c5ccc(C(=O)NS(=O)(=O)c6ccc(NC[C@H]7CC[C@](C)(O)CC7)c([N+](=O)[O-])c6)c(Oc6cnc7[nH]ccc7c6)c5)CC4)C3)[C@H](c3ccccc3C(C)C)C1)C2. The van der Waals surface area contributed by atoms with Gasteiger partial charge in [-0.05, 0) is 153 Å². The first-order chi connectivity index (χ1) is 37.5. The van der Waals surface area contributed by atoms with E-state index in [1.165, 1.54) is 34.4 Å². The highest BCUT2D eigenvalue weighted by molar-refractivity contribution is 7.90. The normalized spacial score (nSPS) is 22.6. The number of pyridine rings is 1. The van der Waals surface area contributed by atoms with Crippen molar-refractivity contribution in [2.24, 2.45) is 11.3 Å². The molecule has 1 spiro atoms. The van der Waals surface area contributed by atoms with E-state index in [-0.39, 0.29) is 28.3 Å². The average molecular weight is 1080 g/mol. The highest BCUT2D eigenvalue weighted by atomic mass is 32.2. The predicted molar refractivity (Wildman–Crippen MR) is 301 cm³/mol. The van der Waals surface area contributed by atoms with Gasteiger partial charge in [0.1, 0.15) is 22.8 Å². The molecule has 412 valence electrons. The van der Waals surface area contributed by atoms with E-state index in [1.807, 2.05) is 19.1 Å². The van der Waals surface area contributed by atoms with Crippen LogP contribution in [0.5, 0.6) is 23.0 Å². The molecule has 4 heterocycles. The number of fused-ring (bicyclic) bond motifs is 2. The van der Waals surface area contributed by atoms with Gasteiger partial charge in [0.05, 0.1) is 41.4 Å². The second-order valence-electron chi connectivity index (χ2n) is 23.2. The summed E-state index contributed by atoms with van der Waals surface area (Å²) in [6.45, 7) is 12.5. The van der Waals surface area contributed by atoms with Crippen LogP contribution in [0.25, 0.3) is 11.0 Å². The third-order valence-corrected chi connectivity index (χ3v) is 19.1. The number of nitro groups is 1. The van der Waals surface area contributed by atoms with Gasteiger partial charge in [0.2, 0.25) is 0 Å². The monoisotopic (exact) mass is 1080 g/mol. The maximum atomic E-state index is 14.2. The number of carbonyl (C=O) groups excluding carboxylic acids is 1. The first kappa shape index (κ1) is 53.3. The number of nitro benzene ring substituents is 1. The van der Waals surface area contributed by atoms with Crippen LogP contribution in [0, 0.1) is 21.4 Å². The summed E-state index contributed by atoms with van der Waals surface area (Å²) in [5, 5.41) is 26.5. The second-order valence-corrected chi connectivity index (χ2v) is 24.9. The molecule has 4 aromatic carbocycles. The van der Waals surface area contributed by atoms with Crippen LogP contribution in [0.2, 0.25) is 0 Å². The topological polar surface area (TPSA) is 205 Å². The number of nitrogens with one attached hydrogen (secondary N) is 3. The molecule has 6 aromatic rings. The molecule has 17 nitrogen and oxygen atoms in total. The van der Waals surface area contributed by atoms with Crippen molar-refractivity contribution >= 4 is 44.0 Å². The van der Waals surface area contributed by atoms with Gasteiger partial charge in [-0.25, -0.2) is 18.1 Å². The molecule has 2 aromatic heterocycles. The number of anilines is 2. The number of piperidine rings is 1. The summed E-state index contributed by atoms with van der Waals surface area (Å²) in [5.41, 5.74) is 6.31. The fourth-order valence-corrected chi connectivity index (χ4v) is 14.1. The minimum atomic E-state index is -4.59. The number of amides is 1. The highest BCUT2D eigenvalue weighted by Crippen LogP contribution is 2.54. The Morgan fingerprint density at radius 2 is 1.67 bits per heavy atom. The summed E-state index contributed by atoms with van der Waals surface area (Å²) in [7, 11) is -1.20. The number of methoxy groups -OCH3 is 2. The van der Waals surface area contributed by atoms with Crippen molar-refractivity contribution in [1.82, 2.24) is 24.5 Å². The Bertz CT molecular complexity index is 3320. The van der Waals surface area contributed by atoms with Gasteiger partial charge in [0.15, 0.2) is 11.5 Å². The van der Waals surface area contributed by atoms with Crippen molar-refractivity contribution in [2.75, 3.05) is 70.2 Å². The van der Waals surface area contributed by atoms with E-state index in [0.717, 1.165) is 113 Å². The molecule has 4 N–H and O–H groups in total. The maximum Gasteiger partial charge on any atom is 0.293 e. The van der Waals surface area contributed by atoms with Crippen LogP contribution >= 0.6 is 0 Å². The molecule has 18 heteroatoms. The van der Waals surface area contributed by atoms with Gasteiger partial charge in [-0.3, -0.25) is 24.7 Å². The van der Waals surface area contributed by atoms with E-state index in [2.05, 4.69) is 85.0 Å². The Morgan fingerprint density at radius 1 is 0.910 bits per heavy atom. The van der Waals surface area contributed by atoms with Crippen LogP contribution < -0.4 is 29.1 Å². The van der Waals surface area contributed by atoms with Crippen molar-refractivity contribution < 1.29 is 37.5 Å². The lowest BCUT2D eigenvalue weighted by Crippen LogP contribution is -2.60. The minimum absolute atomic E-state index is 0.0295. The van der Waals surface area contributed by atoms with Crippen LogP contribution in [0.1, 0.15) is 123 Å². The maximum absolute atomic E-state index is 14.2. The summed E-state index contributed by atoms with van der Waals surface area (Å²) >= 11 is 0. The van der Waals surface area contributed by atoms with Crippen LogP contribution in [-0.2, 0) is 16.4 Å². The van der Waals surface area contributed by atoms with E-state index < -0.39 is 37.0 Å². The van der Waals surface area contributed by atoms with Crippen molar-refractivity contribution in [1.29, 1.82) is 0 Å². The van der Waals surface area contributed by atoms with Gasteiger partial charge < -0.3 is 34.5 Å². The molecule has 1 amide bonds. The van der Waals surface area contributed by atoms with Crippen molar-refractivity contribution in [3.8, 4) is 23.0 Å². The van der Waals surface area contributed by atoms with E-state index in [4.69, 9.17) is 14.2 Å². The third-order valence-electron chi connectivity index (χ3n) is 17.8. The number of aliphatic hydroxyl groups is 1. The lowest BCUT2D eigenvalue weighted by molar-refractivity contribution is -0.384. The quantitative estimate of drug-likeness (QED) is 0.0496. The number of benzene rings is 4. The van der Waals surface area contributed by atoms with E-state index in [9.17, 15) is 28.4 Å². The molecule has 0 radical (unpaired) electrons. The molecule has 1 unspecified atom stereocenters. The smallest absolute Gasteiger partial charge is 0.293 e. The Hall–Kier alpha value is -6.73. The molecule has 2 aliphatic heterocycles. The van der Waals surface area contributed by atoms with Crippen LogP contribution in [0.4, 0.5) is 17.1 Å². The summed E-state index contributed by atoms with van der Waals surface area (Å²) in [6.07, 6.45) is 11.5. The number of rotatable bonds is 17. The van der Waals surface area contributed by atoms with Gasteiger partial charge in [-0.1, -0.05) is 38.1 Å². The molecular formula is C60H72N8O9S. The van der Waals surface area contributed by atoms with Gasteiger partial charge in [0, 0.05) is 93.2 Å². The Balaban J connectivity index is 0.772. The zero-order valence-corrected chi connectivity index (χ0v) is 46.1. The van der Waals surface area contributed by atoms with E-state index in [0.29, 0.717) is 54.7 Å². The Kier molecular flexibility index (Phi) is 14.7. The zero-order valence-electron chi connectivity index (χ0n) is 45.3. The van der Waals surface area contributed by atoms with Gasteiger partial charge in [-0.15, -0.1) is 0 Å². The largest absolute Gasteiger partial charge is 0.493 e. The molecule has 2 atom stereocenters. The predicted octanol–water partition coefficient (Wildman–Crippen LogP) is 10.3. The van der Waals surface area contributed by atoms with E-state index in [1.54, 1.807) is 44.8 Å². The fraction of sp³-hybridized carbons (Fsp3) is 0.467. The molecule has 5 aliphatic rings. The molecule has 2 saturated heterocycles. The van der Waals surface area contributed by atoms with Crippen molar-refractivity contribution in [2.45, 2.75) is 113 Å². The van der Waals surface area contributed by atoms with Crippen LogP contribution in [0.3, 0.4) is 0 Å². The van der Waals surface area contributed by atoms with Crippen LogP contribution in [0.15, 0.2) is 102 Å². The molecule has 2 saturated carbocycles. The van der Waals surface area contributed by atoms with Crippen molar-refractivity contribution in [3.05, 3.63) is 135 Å². The molecule has 4 fully saturated rings. The molecule has 11 rings (SSSR count). The minimum Gasteiger partial charge on any atom is -0.493 e. The number of carbonyl (C=O) groups is 1. The molecule has 78 heavy (non-hydrogen) atoms.